The van der Waals surface area contributed by atoms with Crippen molar-refractivity contribution in [3.05, 3.63) is 120 Å². The molecular formula is C29H26N2O3. The van der Waals surface area contributed by atoms with Crippen molar-refractivity contribution in [1.82, 2.24) is 5.32 Å². The van der Waals surface area contributed by atoms with E-state index in [9.17, 15) is 9.59 Å². The Morgan fingerprint density at radius 3 is 2.03 bits per heavy atom. The minimum atomic E-state index is -0.747. The van der Waals surface area contributed by atoms with Gasteiger partial charge in [0, 0.05) is 6.54 Å². The molecule has 0 aromatic heterocycles. The van der Waals surface area contributed by atoms with Crippen LogP contribution in [0.1, 0.15) is 22.8 Å². The third kappa shape index (κ3) is 5.90. The van der Waals surface area contributed by atoms with Gasteiger partial charge < -0.3 is 15.4 Å². The molecule has 5 nitrogen and oxygen atoms in total. The van der Waals surface area contributed by atoms with Crippen LogP contribution in [0.3, 0.4) is 0 Å². The normalized spacial score (nSPS) is 11.3. The lowest BCUT2D eigenvalue weighted by Gasteiger charge is -2.17. The smallest absolute Gasteiger partial charge is 0.265 e. The second-order valence-electron chi connectivity index (χ2n) is 7.85. The van der Waals surface area contributed by atoms with E-state index in [1.807, 2.05) is 84.9 Å². The molecule has 0 aliphatic rings. The fraction of sp³-hybridized carbons (Fsp3) is 0.103. The quantitative estimate of drug-likeness (QED) is 0.362. The number of anilines is 1. The van der Waals surface area contributed by atoms with Gasteiger partial charge in [-0.3, -0.25) is 9.59 Å². The van der Waals surface area contributed by atoms with Crippen LogP contribution in [0.25, 0.3) is 11.1 Å². The highest BCUT2D eigenvalue weighted by Gasteiger charge is 2.18. The van der Waals surface area contributed by atoms with Crippen molar-refractivity contribution in [2.45, 2.75) is 19.6 Å². The summed E-state index contributed by atoms with van der Waals surface area (Å²) in [4.78, 5) is 25.5. The standard InChI is InChI=1S/C29H26N2O3/c1-21(34-25-18-16-24(17-19-25)23-12-6-3-7-13-23)28(32)31-27-15-9-8-14-26(27)29(33)30-20-22-10-4-2-5-11-22/h2-19,21H,20H2,1H3,(H,30,33)(H,31,32). The molecule has 0 heterocycles. The van der Waals surface area contributed by atoms with Crippen LogP contribution in [0, 0.1) is 0 Å². The zero-order chi connectivity index (χ0) is 23.8. The lowest BCUT2D eigenvalue weighted by Crippen LogP contribution is -2.31. The first kappa shape index (κ1) is 22.8. The first-order chi connectivity index (χ1) is 16.6. The fourth-order valence-corrected chi connectivity index (χ4v) is 3.51. The zero-order valence-corrected chi connectivity index (χ0v) is 18.9. The lowest BCUT2D eigenvalue weighted by atomic mass is 10.1. The van der Waals surface area contributed by atoms with Crippen LogP contribution in [-0.4, -0.2) is 17.9 Å². The number of benzene rings is 4. The van der Waals surface area contributed by atoms with Crippen LogP contribution in [0.5, 0.6) is 5.75 Å². The molecule has 1 atom stereocenters. The number of carbonyl (C=O) groups is 2. The average molecular weight is 451 g/mol. The van der Waals surface area contributed by atoms with Crippen molar-refractivity contribution in [3.8, 4) is 16.9 Å². The molecule has 0 aliphatic heterocycles. The second-order valence-corrected chi connectivity index (χ2v) is 7.85. The molecule has 4 aromatic carbocycles. The number of amides is 2. The monoisotopic (exact) mass is 450 g/mol. The van der Waals surface area contributed by atoms with Crippen molar-refractivity contribution >= 4 is 17.5 Å². The minimum Gasteiger partial charge on any atom is -0.481 e. The zero-order valence-electron chi connectivity index (χ0n) is 18.9. The summed E-state index contributed by atoms with van der Waals surface area (Å²) >= 11 is 0. The number of rotatable bonds is 8. The van der Waals surface area contributed by atoms with E-state index in [0.717, 1.165) is 16.7 Å². The number of nitrogens with one attached hydrogen (secondary N) is 2. The third-order valence-corrected chi connectivity index (χ3v) is 5.37. The van der Waals surface area contributed by atoms with Gasteiger partial charge in [0.1, 0.15) is 5.75 Å². The van der Waals surface area contributed by atoms with Gasteiger partial charge in [-0.1, -0.05) is 84.9 Å². The fourth-order valence-electron chi connectivity index (χ4n) is 3.51. The molecule has 0 aliphatic carbocycles. The molecular weight excluding hydrogens is 424 g/mol. The highest BCUT2D eigenvalue weighted by atomic mass is 16.5. The van der Waals surface area contributed by atoms with Crippen molar-refractivity contribution in [2.75, 3.05) is 5.32 Å². The molecule has 0 radical (unpaired) electrons. The highest BCUT2D eigenvalue weighted by Crippen LogP contribution is 2.23. The number of hydrogen-bond donors (Lipinski definition) is 2. The van der Waals surface area contributed by atoms with E-state index in [-0.39, 0.29) is 11.8 Å². The van der Waals surface area contributed by atoms with Crippen LogP contribution in [0.4, 0.5) is 5.69 Å². The Hall–Kier alpha value is -4.38. The van der Waals surface area contributed by atoms with Crippen LogP contribution in [0.2, 0.25) is 0 Å². The van der Waals surface area contributed by atoms with E-state index in [4.69, 9.17) is 4.74 Å². The maximum Gasteiger partial charge on any atom is 0.265 e. The molecule has 0 saturated heterocycles. The molecule has 34 heavy (non-hydrogen) atoms. The van der Waals surface area contributed by atoms with Crippen LogP contribution in [-0.2, 0) is 11.3 Å². The molecule has 0 fully saturated rings. The molecule has 5 heteroatoms. The molecule has 4 aromatic rings. The molecule has 4 rings (SSSR count). The molecule has 2 N–H and O–H groups in total. The molecule has 0 bridgehead atoms. The van der Waals surface area contributed by atoms with Crippen LogP contribution in [0.15, 0.2) is 109 Å². The number of ether oxygens (including phenoxy) is 1. The summed E-state index contributed by atoms with van der Waals surface area (Å²) in [5, 5.41) is 5.72. The average Bonchev–Trinajstić information content (AvgIpc) is 2.89. The Bertz CT molecular complexity index is 1240. The van der Waals surface area contributed by atoms with Gasteiger partial charge in [-0.15, -0.1) is 0 Å². The Morgan fingerprint density at radius 1 is 0.735 bits per heavy atom. The summed E-state index contributed by atoms with van der Waals surface area (Å²) < 4.78 is 5.83. The van der Waals surface area contributed by atoms with Gasteiger partial charge in [0.15, 0.2) is 6.10 Å². The van der Waals surface area contributed by atoms with Gasteiger partial charge in [0.05, 0.1) is 11.3 Å². The number of carbonyl (C=O) groups excluding carboxylic acids is 2. The molecule has 0 saturated carbocycles. The van der Waals surface area contributed by atoms with Crippen molar-refractivity contribution < 1.29 is 14.3 Å². The molecule has 0 spiro atoms. The van der Waals surface area contributed by atoms with Crippen LogP contribution >= 0.6 is 0 Å². The van der Waals surface area contributed by atoms with Gasteiger partial charge in [0.2, 0.25) is 0 Å². The van der Waals surface area contributed by atoms with E-state index < -0.39 is 6.10 Å². The lowest BCUT2D eigenvalue weighted by molar-refractivity contribution is -0.122. The summed E-state index contributed by atoms with van der Waals surface area (Å²) in [5.74, 6) is -0.00325. The number of para-hydroxylation sites is 1. The summed E-state index contributed by atoms with van der Waals surface area (Å²) in [5.41, 5.74) is 4.01. The van der Waals surface area contributed by atoms with E-state index in [0.29, 0.717) is 23.5 Å². The summed E-state index contributed by atoms with van der Waals surface area (Å²) in [6.45, 7) is 2.08. The van der Waals surface area contributed by atoms with Crippen molar-refractivity contribution in [1.29, 1.82) is 0 Å². The Labute approximate surface area is 199 Å². The van der Waals surface area contributed by atoms with Crippen molar-refractivity contribution in [3.63, 3.8) is 0 Å². The Balaban J connectivity index is 1.37. The Kier molecular flexibility index (Phi) is 7.35. The number of hydrogen-bond acceptors (Lipinski definition) is 3. The van der Waals surface area contributed by atoms with Crippen LogP contribution < -0.4 is 15.4 Å². The largest absolute Gasteiger partial charge is 0.481 e. The first-order valence-corrected chi connectivity index (χ1v) is 11.1. The SMILES string of the molecule is CC(Oc1ccc(-c2ccccc2)cc1)C(=O)Nc1ccccc1C(=O)NCc1ccccc1. The Morgan fingerprint density at radius 2 is 1.32 bits per heavy atom. The van der Waals surface area contributed by atoms with Gasteiger partial charge >= 0.3 is 0 Å². The second kappa shape index (κ2) is 11.0. The summed E-state index contributed by atoms with van der Waals surface area (Å²) in [6.07, 6.45) is -0.747. The van der Waals surface area contributed by atoms with Crippen molar-refractivity contribution in [2.24, 2.45) is 0 Å². The minimum absolute atomic E-state index is 0.259. The van der Waals surface area contributed by atoms with E-state index in [1.54, 1.807) is 31.2 Å². The predicted octanol–water partition coefficient (Wildman–Crippen LogP) is 5.69. The predicted molar refractivity (Wildman–Crippen MR) is 135 cm³/mol. The molecule has 2 amide bonds. The van der Waals surface area contributed by atoms with E-state index >= 15 is 0 Å². The highest BCUT2D eigenvalue weighted by molar-refractivity contribution is 6.04. The van der Waals surface area contributed by atoms with E-state index in [2.05, 4.69) is 10.6 Å². The summed E-state index contributed by atoms with van der Waals surface area (Å²) in [6, 6.07) is 34.2. The maximum absolute atomic E-state index is 12.8. The maximum atomic E-state index is 12.8. The van der Waals surface area contributed by atoms with Gasteiger partial charge in [-0.05, 0) is 47.9 Å². The summed E-state index contributed by atoms with van der Waals surface area (Å²) in [7, 11) is 0. The van der Waals surface area contributed by atoms with E-state index in [1.165, 1.54) is 0 Å². The first-order valence-electron chi connectivity index (χ1n) is 11.1. The third-order valence-electron chi connectivity index (χ3n) is 5.37. The molecule has 170 valence electrons. The topological polar surface area (TPSA) is 67.4 Å². The molecule has 1 unspecified atom stereocenters. The van der Waals surface area contributed by atoms with Gasteiger partial charge in [0.25, 0.3) is 11.8 Å². The van der Waals surface area contributed by atoms with Gasteiger partial charge in [-0.2, -0.15) is 0 Å². The van der Waals surface area contributed by atoms with Gasteiger partial charge in [-0.25, -0.2) is 0 Å².